The quantitative estimate of drug-likeness (QED) is 0.565. The Kier molecular flexibility index (Phi) is 4.41. The lowest BCUT2D eigenvalue weighted by atomic mass is 10.1. The van der Waals surface area contributed by atoms with Gasteiger partial charge in [-0.1, -0.05) is 48.0 Å². The second-order valence-electron chi connectivity index (χ2n) is 6.52. The van der Waals surface area contributed by atoms with E-state index in [9.17, 15) is 8.42 Å². The van der Waals surface area contributed by atoms with Crippen LogP contribution in [0.25, 0.3) is 16.9 Å². The van der Waals surface area contributed by atoms with Gasteiger partial charge in [-0.05, 0) is 36.8 Å². The summed E-state index contributed by atoms with van der Waals surface area (Å²) in [4.78, 5) is 4.58. The zero-order valence-corrected chi connectivity index (χ0v) is 15.6. The molecule has 0 spiro atoms. The van der Waals surface area contributed by atoms with Crippen molar-refractivity contribution in [2.24, 2.45) is 0 Å². The second-order valence-corrected chi connectivity index (χ2v) is 8.25. The molecular formula is C21H19N3O2S. The number of aromatic nitrogens is 2. The third-order valence-electron chi connectivity index (χ3n) is 4.23. The summed E-state index contributed by atoms with van der Waals surface area (Å²) in [6.45, 7) is 1.95. The van der Waals surface area contributed by atoms with Crippen LogP contribution in [0.4, 0.5) is 5.69 Å². The van der Waals surface area contributed by atoms with E-state index in [0.717, 1.165) is 28.0 Å². The number of hydrogen-bond acceptors (Lipinski definition) is 3. The van der Waals surface area contributed by atoms with Gasteiger partial charge in [-0.2, -0.15) is 0 Å². The molecule has 0 saturated carbocycles. The maximum Gasteiger partial charge on any atom is 0.236 e. The van der Waals surface area contributed by atoms with Crippen molar-refractivity contribution in [1.29, 1.82) is 0 Å². The molecule has 4 aromatic rings. The first-order valence-corrected chi connectivity index (χ1v) is 10.2. The van der Waals surface area contributed by atoms with E-state index >= 15 is 0 Å². The molecule has 0 aliphatic rings. The fraction of sp³-hybridized carbons (Fsp3) is 0.0952. The van der Waals surface area contributed by atoms with Crippen molar-refractivity contribution >= 4 is 21.4 Å². The van der Waals surface area contributed by atoms with Crippen LogP contribution in [0, 0.1) is 6.92 Å². The molecule has 0 aliphatic heterocycles. The summed E-state index contributed by atoms with van der Waals surface area (Å²) < 4.78 is 29.7. The molecule has 4 rings (SSSR count). The number of benzene rings is 2. The number of fused-ring (bicyclic) bond motifs is 1. The van der Waals surface area contributed by atoms with Crippen LogP contribution in [0.5, 0.6) is 0 Å². The van der Waals surface area contributed by atoms with Gasteiger partial charge in [-0.25, -0.2) is 13.4 Å². The Morgan fingerprint density at radius 1 is 1.00 bits per heavy atom. The minimum absolute atomic E-state index is 0.0622. The number of hydrogen-bond donors (Lipinski definition) is 1. The van der Waals surface area contributed by atoms with Gasteiger partial charge in [0.15, 0.2) is 0 Å². The summed E-state index contributed by atoms with van der Waals surface area (Å²) in [5, 5.41) is 0. The predicted octanol–water partition coefficient (Wildman–Crippen LogP) is 4.25. The molecule has 2 aromatic carbocycles. The van der Waals surface area contributed by atoms with Gasteiger partial charge < -0.3 is 4.40 Å². The average molecular weight is 377 g/mol. The molecule has 0 radical (unpaired) electrons. The highest BCUT2D eigenvalue weighted by Crippen LogP contribution is 2.23. The molecule has 2 aromatic heterocycles. The number of nitrogens with zero attached hydrogens (tertiary/aromatic N) is 2. The fourth-order valence-electron chi connectivity index (χ4n) is 3.05. The smallest absolute Gasteiger partial charge is 0.236 e. The largest absolute Gasteiger partial charge is 0.306 e. The van der Waals surface area contributed by atoms with Crippen LogP contribution in [0.2, 0.25) is 0 Å². The van der Waals surface area contributed by atoms with Crippen molar-refractivity contribution in [2.45, 2.75) is 12.7 Å². The van der Waals surface area contributed by atoms with E-state index in [1.54, 1.807) is 12.1 Å². The van der Waals surface area contributed by atoms with E-state index in [1.807, 2.05) is 78.3 Å². The molecule has 0 fully saturated rings. The molecule has 0 atom stereocenters. The number of imidazole rings is 1. The monoisotopic (exact) mass is 377 g/mol. The van der Waals surface area contributed by atoms with E-state index in [0.29, 0.717) is 5.69 Å². The first kappa shape index (κ1) is 17.3. The first-order chi connectivity index (χ1) is 13.0. The number of anilines is 1. The summed E-state index contributed by atoms with van der Waals surface area (Å²) in [6, 6.07) is 20.6. The normalized spacial score (nSPS) is 11.6. The molecular weight excluding hydrogens is 358 g/mol. The molecule has 1 N–H and O–H groups in total. The minimum atomic E-state index is -3.50. The number of rotatable bonds is 5. The van der Waals surface area contributed by atoms with Crippen molar-refractivity contribution in [3.63, 3.8) is 0 Å². The zero-order valence-electron chi connectivity index (χ0n) is 14.8. The lowest BCUT2D eigenvalue weighted by molar-refractivity contribution is 0.600. The van der Waals surface area contributed by atoms with E-state index in [2.05, 4.69) is 9.71 Å². The van der Waals surface area contributed by atoms with Crippen LogP contribution in [-0.2, 0) is 15.8 Å². The molecule has 27 heavy (non-hydrogen) atoms. The molecule has 136 valence electrons. The summed E-state index contributed by atoms with van der Waals surface area (Å²) in [7, 11) is -3.50. The van der Waals surface area contributed by atoms with Gasteiger partial charge in [0.1, 0.15) is 5.65 Å². The Morgan fingerprint density at radius 3 is 2.67 bits per heavy atom. The maximum absolute atomic E-state index is 12.5. The molecule has 0 bridgehead atoms. The Balaban J connectivity index is 1.58. The predicted molar refractivity (Wildman–Crippen MR) is 108 cm³/mol. The fourth-order valence-corrected chi connectivity index (χ4v) is 4.23. The van der Waals surface area contributed by atoms with Crippen LogP contribution in [0.1, 0.15) is 11.1 Å². The zero-order chi connectivity index (χ0) is 18.9. The molecule has 2 heterocycles. The molecule has 0 unspecified atom stereocenters. The molecule has 0 aliphatic carbocycles. The highest BCUT2D eigenvalue weighted by Gasteiger charge is 2.13. The summed E-state index contributed by atoms with van der Waals surface area (Å²) in [6.07, 6.45) is 3.86. The summed E-state index contributed by atoms with van der Waals surface area (Å²) in [5.74, 6) is -0.0622. The Bertz CT molecular complexity index is 1180. The number of pyridine rings is 1. The second kappa shape index (κ2) is 6.89. The van der Waals surface area contributed by atoms with Crippen molar-refractivity contribution in [2.75, 3.05) is 4.72 Å². The van der Waals surface area contributed by atoms with Gasteiger partial charge in [0.2, 0.25) is 10.0 Å². The molecule has 5 nitrogen and oxygen atoms in total. The van der Waals surface area contributed by atoms with Gasteiger partial charge in [0, 0.05) is 23.6 Å². The average Bonchev–Trinajstić information content (AvgIpc) is 3.05. The SMILES string of the molecule is Cc1cccc(CS(=O)(=O)Nc2cccc(-c3cn4ccccc4n3)c2)c1. The summed E-state index contributed by atoms with van der Waals surface area (Å²) in [5.41, 5.74) is 4.82. The van der Waals surface area contributed by atoms with Crippen molar-refractivity contribution in [3.8, 4) is 11.3 Å². The van der Waals surface area contributed by atoms with Crippen molar-refractivity contribution < 1.29 is 8.42 Å². The van der Waals surface area contributed by atoms with Crippen molar-refractivity contribution in [1.82, 2.24) is 9.38 Å². The van der Waals surface area contributed by atoms with Crippen LogP contribution < -0.4 is 4.72 Å². The highest BCUT2D eigenvalue weighted by atomic mass is 32.2. The van der Waals surface area contributed by atoms with Crippen LogP contribution in [0.15, 0.2) is 79.1 Å². The van der Waals surface area contributed by atoms with Gasteiger partial charge in [0.25, 0.3) is 0 Å². The Morgan fingerprint density at radius 2 is 1.85 bits per heavy atom. The Labute approximate surface area is 158 Å². The van der Waals surface area contributed by atoms with E-state index in [1.165, 1.54) is 0 Å². The van der Waals surface area contributed by atoms with E-state index < -0.39 is 10.0 Å². The molecule has 6 heteroatoms. The third kappa shape index (κ3) is 4.01. The maximum atomic E-state index is 12.5. The van der Waals surface area contributed by atoms with Crippen molar-refractivity contribution in [3.05, 3.63) is 90.3 Å². The minimum Gasteiger partial charge on any atom is -0.306 e. The van der Waals surface area contributed by atoms with Gasteiger partial charge in [-0.3, -0.25) is 4.72 Å². The topological polar surface area (TPSA) is 63.5 Å². The van der Waals surface area contributed by atoms with Gasteiger partial charge in [0.05, 0.1) is 11.4 Å². The Hall–Kier alpha value is -3.12. The number of sulfonamides is 1. The molecule has 0 saturated heterocycles. The highest BCUT2D eigenvalue weighted by molar-refractivity contribution is 7.91. The van der Waals surface area contributed by atoms with Crippen LogP contribution >= 0.6 is 0 Å². The standard InChI is InChI=1S/C21H19N3O2S/c1-16-6-4-7-17(12-16)15-27(25,26)23-19-9-5-8-18(13-19)20-14-24-11-3-2-10-21(24)22-20/h2-14,23H,15H2,1H3. The van der Waals surface area contributed by atoms with E-state index in [-0.39, 0.29) is 5.75 Å². The molecule has 0 amide bonds. The summed E-state index contributed by atoms with van der Waals surface area (Å²) >= 11 is 0. The number of aryl methyl sites for hydroxylation is 1. The van der Waals surface area contributed by atoms with E-state index in [4.69, 9.17) is 0 Å². The van der Waals surface area contributed by atoms with Crippen LogP contribution in [0.3, 0.4) is 0 Å². The third-order valence-corrected chi connectivity index (χ3v) is 5.49. The van der Waals surface area contributed by atoms with Gasteiger partial charge in [-0.15, -0.1) is 0 Å². The lowest BCUT2D eigenvalue weighted by Gasteiger charge is -2.09. The first-order valence-electron chi connectivity index (χ1n) is 8.59. The van der Waals surface area contributed by atoms with Crippen LogP contribution in [-0.4, -0.2) is 17.8 Å². The number of nitrogens with one attached hydrogen (secondary N) is 1. The van der Waals surface area contributed by atoms with Gasteiger partial charge >= 0.3 is 0 Å². The lowest BCUT2D eigenvalue weighted by Crippen LogP contribution is -2.15.